The van der Waals surface area contributed by atoms with E-state index in [9.17, 15) is 9.90 Å². The number of pyridine rings is 2. The lowest BCUT2D eigenvalue weighted by Crippen LogP contribution is -2.39. The SMILES string of the molecule is CCc1ccc(C(c2ccccn2)N2CCC(C(=O)O)CC2)nc1. The lowest BCUT2D eigenvalue weighted by Gasteiger charge is -2.36. The Morgan fingerprint density at radius 2 is 1.96 bits per heavy atom. The maximum Gasteiger partial charge on any atom is 0.306 e. The second-order valence-electron chi connectivity index (χ2n) is 6.25. The minimum Gasteiger partial charge on any atom is -0.481 e. The highest BCUT2D eigenvalue weighted by atomic mass is 16.4. The van der Waals surface area contributed by atoms with Crippen LogP contribution in [0.2, 0.25) is 0 Å². The van der Waals surface area contributed by atoms with Gasteiger partial charge in [0.2, 0.25) is 0 Å². The number of carbonyl (C=O) groups is 1. The van der Waals surface area contributed by atoms with Crippen LogP contribution in [0, 0.1) is 5.92 Å². The van der Waals surface area contributed by atoms with Gasteiger partial charge in [-0.05, 0) is 56.1 Å². The van der Waals surface area contributed by atoms with E-state index >= 15 is 0 Å². The van der Waals surface area contributed by atoms with Gasteiger partial charge in [-0.15, -0.1) is 0 Å². The molecular formula is C19H23N3O2. The van der Waals surface area contributed by atoms with Gasteiger partial charge in [-0.3, -0.25) is 19.7 Å². The van der Waals surface area contributed by atoms with Gasteiger partial charge >= 0.3 is 5.97 Å². The molecule has 0 saturated carbocycles. The van der Waals surface area contributed by atoms with E-state index in [0.717, 1.165) is 30.9 Å². The lowest BCUT2D eigenvalue weighted by molar-refractivity contribution is -0.143. The molecule has 1 aliphatic heterocycles. The highest BCUT2D eigenvalue weighted by molar-refractivity contribution is 5.70. The first-order valence-electron chi connectivity index (χ1n) is 8.51. The van der Waals surface area contributed by atoms with Crippen LogP contribution < -0.4 is 0 Å². The molecule has 24 heavy (non-hydrogen) atoms. The number of carboxylic acid groups (broad SMARTS) is 1. The molecular weight excluding hydrogens is 302 g/mol. The van der Waals surface area contributed by atoms with Crippen molar-refractivity contribution in [3.63, 3.8) is 0 Å². The van der Waals surface area contributed by atoms with Crippen molar-refractivity contribution in [3.05, 3.63) is 59.7 Å². The predicted octanol–water partition coefficient (Wildman–Crippen LogP) is 2.93. The van der Waals surface area contributed by atoms with Crippen molar-refractivity contribution < 1.29 is 9.90 Å². The fourth-order valence-electron chi connectivity index (χ4n) is 3.27. The average molecular weight is 325 g/mol. The number of aliphatic carboxylic acids is 1. The maximum atomic E-state index is 11.2. The van der Waals surface area contributed by atoms with E-state index in [-0.39, 0.29) is 12.0 Å². The van der Waals surface area contributed by atoms with Gasteiger partial charge < -0.3 is 5.11 Å². The van der Waals surface area contributed by atoms with E-state index in [4.69, 9.17) is 0 Å². The molecule has 0 spiro atoms. The van der Waals surface area contributed by atoms with Crippen LogP contribution in [0.5, 0.6) is 0 Å². The molecule has 1 N–H and O–H groups in total. The molecule has 1 saturated heterocycles. The zero-order chi connectivity index (χ0) is 16.9. The number of rotatable bonds is 5. The van der Waals surface area contributed by atoms with Gasteiger partial charge in [0.05, 0.1) is 23.3 Å². The Hall–Kier alpha value is -2.27. The first-order valence-corrected chi connectivity index (χ1v) is 8.51. The molecule has 0 radical (unpaired) electrons. The number of likely N-dealkylation sites (tertiary alicyclic amines) is 1. The summed E-state index contributed by atoms with van der Waals surface area (Å²) >= 11 is 0. The second-order valence-corrected chi connectivity index (χ2v) is 6.25. The molecule has 0 bridgehead atoms. The van der Waals surface area contributed by atoms with Gasteiger partial charge in [0.1, 0.15) is 0 Å². The number of piperidine rings is 1. The summed E-state index contributed by atoms with van der Waals surface area (Å²) in [6, 6.07) is 10.1. The van der Waals surface area contributed by atoms with Gasteiger partial charge in [0.15, 0.2) is 0 Å². The van der Waals surface area contributed by atoms with Crippen LogP contribution in [0.25, 0.3) is 0 Å². The number of aromatic nitrogens is 2. The molecule has 126 valence electrons. The quantitative estimate of drug-likeness (QED) is 0.915. The zero-order valence-electron chi connectivity index (χ0n) is 13.9. The summed E-state index contributed by atoms with van der Waals surface area (Å²) in [5.41, 5.74) is 3.14. The summed E-state index contributed by atoms with van der Waals surface area (Å²) in [4.78, 5) is 22.7. The summed E-state index contributed by atoms with van der Waals surface area (Å²) in [6.07, 6.45) is 6.03. The number of hydrogen-bond acceptors (Lipinski definition) is 4. The van der Waals surface area contributed by atoms with E-state index < -0.39 is 5.97 Å². The highest BCUT2D eigenvalue weighted by Crippen LogP contribution is 2.30. The van der Waals surface area contributed by atoms with Crippen molar-refractivity contribution in [1.82, 2.24) is 14.9 Å². The summed E-state index contributed by atoms with van der Waals surface area (Å²) in [6.45, 7) is 3.61. The predicted molar refractivity (Wildman–Crippen MR) is 91.6 cm³/mol. The van der Waals surface area contributed by atoms with Crippen LogP contribution in [0.4, 0.5) is 0 Å². The van der Waals surface area contributed by atoms with Gasteiger partial charge in [-0.1, -0.05) is 19.1 Å². The van der Waals surface area contributed by atoms with E-state index in [1.54, 1.807) is 6.20 Å². The van der Waals surface area contributed by atoms with Crippen molar-refractivity contribution in [2.24, 2.45) is 5.92 Å². The average Bonchev–Trinajstić information content (AvgIpc) is 2.64. The van der Waals surface area contributed by atoms with Crippen LogP contribution >= 0.6 is 0 Å². The third kappa shape index (κ3) is 3.62. The Kier molecular flexibility index (Phi) is 5.20. The standard InChI is InChI=1S/C19H23N3O2/c1-2-14-6-7-17(21-13-14)18(16-5-3-4-10-20-16)22-11-8-15(9-12-22)19(23)24/h3-7,10,13,15,18H,2,8-9,11-12H2,1H3,(H,23,24). The van der Waals surface area contributed by atoms with Crippen LogP contribution in [0.15, 0.2) is 42.7 Å². The first kappa shape index (κ1) is 16.6. The molecule has 1 atom stereocenters. The van der Waals surface area contributed by atoms with Gasteiger partial charge in [-0.2, -0.15) is 0 Å². The molecule has 0 amide bonds. The molecule has 2 aromatic heterocycles. The molecule has 0 aromatic carbocycles. The molecule has 3 rings (SSSR count). The molecule has 1 aliphatic rings. The third-order valence-corrected chi connectivity index (χ3v) is 4.75. The normalized spacial score (nSPS) is 17.5. The molecule has 5 heteroatoms. The number of carboxylic acids is 1. The molecule has 1 fully saturated rings. The molecule has 0 aliphatic carbocycles. The van der Waals surface area contributed by atoms with Crippen LogP contribution in [0.1, 0.15) is 42.8 Å². The number of nitrogens with zero attached hydrogens (tertiary/aromatic N) is 3. The second kappa shape index (κ2) is 7.53. The van der Waals surface area contributed by atoms with Gasteiger partial charge in [0, 0.05) is 12.4 Å². The van der Waals surface area contributed by atoms with Gasteiger partial charge in [0.25, 0.3) is 0 Å². The Morgan fingerprint density at radius 3 is 2.50 bits per heavy atom. The largest absolute Gasteiger partial charge is 0.481 e. The van der Waals surface area contributed by atoms with Crippen molar-refractivity contribution in [2.45, 2.75) is 32.2 Å². The molecule has 5 nitrogen and oxygen atoms in total. The Bertz CT molecular complexity index is 665. The number of aryl methyl sites for hydroxylation is 1. The number of hydrogen-bond donors (Lipinski definition) is 1. The topological polar surface area (TPSA) is 66.3 Å². The van der Waals surface area contributed by atoms with Gasteiger partial charge in [-0.25, -0.2) is 0 Å². The Labute approximate surface area is 142 Å². The fourth-order valence-corrected chi connectivity index (χ4v) is 3.27. The van der Waals surface area contributed by atoms with Crippen LogP contribution in [-0.4, -0.2) is 39.0 Å². The summed E-state index contributed by atoms with van der Waals surface area (Å²) in [7, 11) is 0. The molecule has 1 unspecified atom stereocenters. The van der Waals surface area contributed by atoms with E-state index in [2.05, 4.69) is 33.9 Å². The first-order chi connectivity index (χ1) is 11.7. The minimum atomic E-state index is -0.686. The third-order valence-electron chi connectivity index (χ3n) is 4.75. The minimum absolute atomic E-state index is 0.0214. The summed E-state index contributed by atoms with van der Waals surface area (Å²) < 4.78 is 0. The van der Waals surface area contributed by atoms with Crippen molar-refractivity contribution in [1.29, 1.82) is 0 Å². The fraction of sp³-hybridized carbons (Fsp3) is 0.421. The highest BCUT2D eigenvalue weighted by Gasteiger charge is 2.31. The van der Waals surface area contributed by atoms with Crippen molar-refractivity contribution in [2.75, 3.05) is 13.1 Å². The van der Waals surface area contributed by atoms with E-state index in [1.807, 2.05) is 24.4 Å². The molecule has 2 aromatic rings. The van der Waals surface area contributed by atoms with Crippen LogP contribution in [0.3, 0.4) is 0 Å². The van der Waals surface area contributed by atoms with E-state index in [1.165, 1.54) is 5.56 Å². The van der Waals surface area contributed by atoms with Crippen LogP contribution in [-0.2, 0) is 11.2 Å². The Balaban J connectivity index is 1.87. The summed E-state index contributed by atoms with van der Waals surface area (Å²) in [5.74, 6) is -0.921. The summed E-state index contributed by atoms with van der Waals surface area (Å²) in [5, 5.41) is 9.21. The van der Waals surface area contributed by atoms with Crippen molar-refractivity contribution >= 4 is 5.97 Å². The smallest absolute Gasteiger partial charge is 0.306 e. The monoisotopic (exact) mass is 325 g/mol. The van der Waals surface area contributed by atoms with E-state index in [0.29, 0.717) is 12.8 Å². The molecule has 3 heterocycles. The zero-order valence-corrected chi connectivity index (χ0v) is 13.9. The maximum absolute atomic E-state index is 11.2. The lowest BCUT2D eigenvalue weighted by atomic mass is 9.94. The Morgan fingerprint density at radius 1 is 1.21 bits per heavy atom. The van der Waals surface area contributed by atoms with Crippen molar-refractivity contribution in [3.8, 4) is 0 Å².